The number of rotatable bonds is 8. The molecule has 26 atom stereocenters. The summed E-state index contributed by atoms with van der Waals surface area (Å²) in [5.74, 6) is 2.56. The second kappa shape index (κ2) is 17.3. The molecule has 17 heteroatoms. The van der Waals surface area contributed by atoms with Crippen LogP contribution in [0, 0.1) is 46.3 Å². The summed E-state index contributed by atoms with van der Waals surface area (Å²) in [5, 5.41) is 95.7. The van der Waals surface area contributed by atoms with Crippen molar-refractivity contribution in [2.24, 2.45) is 46.3 Å². The monoisotopic (exact) mass is 884 g/mol. The third kappa shape index (κ3) is 7.49. The Morgan fingerprint density at radius 1 is 0.677 bits per heavy atom. The molecule has 5 saturated heterocycles. The van der Waals surface area contributed by atoms with E-state index >= 15 is 0 Å². The van der Waals surface area contributed by atoms with Gasteiger partial charge in [-0.1, -0.05) is 39.3 Å². The van der Waals surface area contributed by atoms with Gasteiger partial charge in [0.15, 0.2) is 24.7 Å². The highest BCUT2D eigenvalue weighted by Crippen LogP contribution is 2.70. The van der Waals surface area contributed by atoms with Crippen LogP contribution in [0.5, 0.6) is 0 Å². The first-order chi connectivity index (χ1) is 29.4. The smallest absolute Gasteiger partial charge is 0.187 e. The molecule has 8 fully saturated rings. The second-order valence-corrected chi connectivity index (χ2v) is 21.1. The van der Waals surface area contributed by atoms with Gasteiger partial charge < -0.3 is 83.9 Å². The van der Waals surface area contributed by atoms with Crippen LogP contribution in [0.15, 0.2) is 11.6 Å². The molecule has 4 aliphatic carbocycles. The first-order valence-corrected chi connectivity index (χ1v) is 23.4. The molecule has 9 N–H and O–H groups in total. The van der Waals surface area contributed by atoms with Gasteiger partial charge in [0.25, 0.3) is 0 Å². The standard InChI is InChI=1S/C45H72O17/c1-19-8-13-45(55-18-19)20(2)30-27(62-45)15-26-24-7-6-22-14-23(9-11-43(22,4)25(24)10-12-44(26,30)5)57-42-39(61-40-35(52)33(50)31(48)21(3)56-40)37(54)38(29(17-47)59-42)60-41-36(53)34(51)32(49)28(16-46)58-41/h6,19-21,23-42,46-54H,7-18H2,1-5H3/t19-,20+,21-,23+,24?,25?,26?,27?,28-,29-,30?,31+,32-,33-,34+,35-,36-,37+,38-,39-,40+,41+,42-,43+,44+,45?/m1/s1. The van der Waals surface area contributed by atoms with E-state index in [0.717, 1.165) is 51.6 Å². The molecule has 1 spiro atoms. The zero-order valence-corrected chi connectivity index (χ0v) is 36.6. The number of aliphatic hydroxyl groups is 9. The normalized spacial score (nSPS) is 57.6. The van der Waals surface area contributed by atoms with Crippen molar-refractivity contribution in [1.29, 1.82) is 0 Å². The quantitative estimate of drug-likeness (QED) is 0.148. The second-order valence-electron chi connectivity index (χ2n) is 21.1. The van der Waals surface area contributed by atoms with E-state index in [1.54, 1.807) is 0 Å². The van der Waals surface area contributed by atoms with Gasteiger partial charge in [0.1, 0.15) is 67.1 Å². The van der Waals surface area contributed by atoms with Gasteiger partial charge in [-0.25, -0.2) is 0 Å². The van der Waals surface area contributed by atoms with Crippen molar-refractivity contribution in [3.63, 3.8) is 0 Å². The van der Waals surface area contributed by atoms with Crippen LogP contribution in [0.3, 0.4) is 0 Å². The predicted octanol–water partition coefficient (Wildman–Crippen LogP) is 0.214. The molecule has 9 rings (SSSR count). The van der Waals surface area contributed by atoms with Crippen molar-refractivity contribution < 1.29 is 83.9 Å². The van der Waals surface area contributed by atoms with E-state index in [9.17, 15) is 46.0 Å². The highest BCUT2D eigenvalue weighted by atomic mass is 16.8. The van der Waals surface area contributed by atoms with Gasteiger partial charge in [0, 0.05) is 12.3 Å². The van der Waals surface area contributed by atoms with Gasteiger partial charge >= 0.3 is 0 Å². The summed E-state index contributed by atoms with van der Waals surface area (Å²) in [4.78, 5) is 0. The van der Waals surface area contributed by atoms with Gasteiger partial charge in [0.2, 0.25) is 0 Å². The fraction of sp³-hybridized carbons (Fsp3) is 0.956. The average molecular weight is 885 g/mol. The number of hydrogen-bond donors (Lipinski definition) is 9. The summed E-state index contributed by atoms with van der Waals surface area (Å²) in [5.41, 5.74) is 1.48. The molecule has 0 bridgehead atoms. The Bertz CT molecular complexity index is 1610. The fourth-order valence-corrected chi connectivity index (χ4v) is 14.0. The van der Waals surface area contributed by atoms with Crippen LogP contribution in [-0.4, -0.2) is 176 Å². The Morgan fingerprint density at radius 3 is 2.05 bits per heavy atom. The number of ether oxygens (including phenoxy) is 8. The Balaban J connectivity index is 0.917. The largest absolute Gasteiger partial charge is 0.394 e. The minimum Gasteiger partial charge on any atom is -0.394 e. The summed E-state index contributed by atoms with van der Waals surface area (Å²) in [6, 6.07) is 0. The topological polar surface area (TPSA) is 256 Å². The van der Waals surface area contributed by atoms with E-state index in [2.05, 4.69) is 33.8 Å². The van der Waals surface area contributed by atoms with Crippen molar-refractivity contribution in [3.05, 3.63) is 11.6 Å². The van der Waals surface area contributed by atoms with Crippen LogP contribution in [0.2, 0.25) is 0 Å². The molecule has 354 valence electrons. The van der Waals surface area contributed by atoms with Crippen molar-refractivity contribution in [2.75, 3.05) is 19.8 Å². The van der Waals surface area contributed by atoms with Gasteiger partial charge in [-0.2, -0.15) is 0 Å². The van der Waals surface area contributed by atoms with Crippen molar-refractivity contribution in [3.8, 4) is 0 Å². The van der Waals surface area contributed by atoms with Gasteiger partial charge in [0.05, 0.1) is 38.1 Å². The highest BCUT2D eigenvalue weighted by Gasteiger charge is 2.69. The SMILES string of the molecule is C[C@@H]1CCC2(OC1)OC1CC3C4CC=C5C[C@@H](O[C@@H]6O[C@H](CO)[C@@H](O[C@@H]7O[C@H](CO)[C@@H](O)[C@H](O)[C@H]7O)[C@H](O)[C@H]6O[C@@H]6O[C@H](C)[C@H](O)[C@@H](O)[C@H]6O)CC[C@]5(C)C4CC[C@]3(C)C1[C@@H]2C. The zero-order valence-electron chi connectivity index (χ0n) is 36.6. The maximum Gasteiger partial charge on any atom is 0.187 e. The van der Waals surface area contributed by atoms with E-state index < -0.39 is 111 Å². The van der Waals surface area contributed by atoms with Crippen molar-refractivity contribution in [2.45, 2.75) is 203 Å². The highest BCUT2D eigenvalue weighted by molar-refractivity contribution is 5.26. The maximum atomic E-state index is 12.0. The molecule has 0 amide bonds. The lowest BCUT2D eigenvalue weighted by Gasteiger charge is -2.58. The number of hydrogen-bond acceptors (Lipinski definition) is 17. The molecule has 0 aromatic rings. The number of aliphatic hydroxyl groups excluding tert-OH is 9. The minimum atomic E-state index is -1.82. The molecule has 5 aliphatic heterocycles. The van der Waals surface area contributed by atoms with Crippen molar-refractivity contribution >= 4 is 0 Å². The van der Waals surface area contributed by atoms with Crippen LogP contribution >= 0.6 is 0 Å². The lowest BCUT2D eigenvalue weighted by molar-refractivity contribution is -0.389. The fourth-order valence-electron chi connectivity index (χ4n) is 14.0. The summed E-state index contributed by atoms with van der Waals surface area (Å²) >= 11 is 0. The maximum absolute atomic E-state index is 12.0. The van der Waals surface area contributed by atoms with E-state index in [1.165, 1.54) is 12.5 Å². The number of fused-ring (bicyclic) bond motifs is 7. The molecule has 6 unspecified atom stereocenters. The van der Waals surface area contributed by atoms with E-state index in [0.29, 0.717) is 48.3 Å². The van der Waals surface area contributed by atoms with Crippen LogP contribution in [0.4, 0.5) is 0 Å². The van der Waals surface area contributed by atoms with E-state index in [-0.39, 0.29) is 23.0 Å². The molecule has 0 radical (unpaired) electrons. The molecular formula is C45H72O17. The third-order valence-electron chi connectivity index (χ3n) is 17.7. The summed E-state index contributed by atoms with van der Waals surface area (Å²) in [7, 11) is 0. The van der Waals surface area contributed by atoms with Crippen LogP contribution in [0.25, 0.3) is 0 Å². The lowest BCUT2D eigenvalue weighted by atomic mass is 9.47. The molecular weight excluding hydrogens is 812 g/mol. The first kappa shape index (κ1) is 46.2. The summed E-state index contributed by atoms with van der Waals surface area (Å²) in [6.07, 6.45) is -12.0. The molecule has 17 nitrogen and oxygen atoms in total. The Morgan fingerprint density at radius 2 is 1.35 bits per heavy atom. The van der Waals surface area contributed by atoms with Crippen LogP contribution < -0.4 is 0 Å². The first-order valence-electron chi connectivity index (χ1n) is 23.4. The molecule has 0 aromatic carbocycles. The lowest BCUT2D eigenvalue weighted by Crippen LogP contribution is -2.67. The molecule has 62 heavy (non-hydrogen) atoms. The molecule has 9 aliphatic rings. The van der Waals surface area contributed by atoms with Gasteiger partial charge in [-0.3, -0.25) is 0 Å². The Labute approximate surface area is 363 Å². The third-order valence-corrected chi connectivity index (χ3v) is 17.7. The predicted molar refractivity (Wildman–Crippen MR) is 214 cm³/mol. The molecule has 3 saturated carbocycles. The van der Waals surface area contributed by atoms with E-state index in [4.69, 9.17) is 37.9 Å². The summed E-state index contributed by atoms with van der Waals surface area (Å²) < 4.78 is 49.9. The average Bonchev–Trinajstić information content (AvgIpc) is 3.70. The van der Waals surface area contributed by atoms with Gasteiger partial charge in [-0.05, 0) is 98.7 Å². The molecule has 0 aromatic heterocycles. The Hall–Kier alpha value is -0.940. The summed E-state index contributed by atoms with van der Waals surface area (Å²) in [6.45, 7) is 10.4. The number of allylic oxidation sites excluding steroid dienone is 1. The van der Waals surface area contributed by atoms with Crippen LogP contribution in [-0.2, 0) is 37.9 Å². The van der Waals surface area contributed by atoms with Crippen molar-refractivity contribution in [1.82, 2.24) is 0 Å². The van der Waals surface area contributed by atoms with E-state index in [1.807, 2.05) is 0 Å². The Kier molecular flexibility index (Phi) is 12.9. The zero-order chi connectivity index (χ0) is 44.2. The molecule has 5 heterocycles. The van der Waals surface area contributed by atoms with Crippen LogP contribution in [0.1, 0.15) is 92.4 Å². The van der Waals surface area contributed by atoms with Gasteiger partial charge in [-0.15, -0.1) is 0 Å². The minimum absolute atomic E-state index is 0.0356.